The van der Waals surface area contributed by atoms with Crippen molar-refractivity contribution in [3.63, 3.8) is 0 Å². The van der Waals surface area contributed by atoms with Crippen LogP contribution < -0.4 is 10.9 Å². The van der Waals surface area contributed by atoms with Gasteiger partial charge in [0.05, 0.1) is 5.69 Å². The zero-order valence-electron chi connectivity index (χ0n) is 8.57. The van der Waals surface area contributed by atoms with Crippen LogP contribution in [-0.2, 0) is 0 Å². The first-order valence-corrected chi connectivity index (χ1v) is 4.71. The molecule has 0 bridgehead atoms. The summed E-state index contributed by atoms with van der Waals surface area (Å²) in [5.41, 5.74) is 0.571. The highest BCUT2D eigenvalue weighted by molar-refractivity contribution is 5.59. The summed E-state index contributed by atoms with van der Waals surface area (Å²) in [7, 11) is 0. The van der Waals surface area contributed by atoms with Crippen molar-refractivity contribution in [1.82, 2.24) is 9.97 Å². The highest BCUT2D eigenvalue weighted by Crippen LogP contribution is 2.16. The van der Waals surface area contributed by atoms with E-state index >= 15 is 0 Å². The van der Waals surface area contributed by atoms with Crippen molar-refractivity contribution in [3.05, 3.63) is 46.5 Å². The number of aromatic amines is 1. The van der Waals surface area contributed by atoms with Gasteiger partial charge in [-0.15, -0.1) is 0 Å². The summed E-state index contributed by atoms with van der Waals surface area (Å²) in [6.07, 6.45) is 1.66. The lowest BCUT2D eigenvalue weighted by Crippen LogP contribution is -2.10. The Morgan fingerprint density at radius 2 is 2.06 bits per heavy atom. The molecule has 17 heavy (non-hydrogen) atoms. The number of nitrogens with zero attached hydrogens (tertiary/aromatic N) is 2. The van der Waals surface area contributed by atoms with E-state index in [1.807, 2.05) is 0 Å². The molecule has 0 saturated heterocycles. The number of aromatic nitrogens is 2. The second-order valence-electron chi connectivity index (χ2n) is 3.22. The molecule has 0 saturated carbocycles. The zero-order chi connectivity index (χ0) is 12.3. The van der Waals surface area contributed by atoms with Crippen molar-refractivity contribution in [2.75, 3.05) is 5.32 Å². The number of nitriles is 1. The molecular weight excluding hydrogens is 223 g/mol. The van der Waals surface area contributed by atoms with Crippen LogP contribution in [0.2, 0.25) is 0 Å². The molecule has 0 amide bonds. The smallest absolute Gasteiger partial charge is 0.252 e. The van der Waals surface area contributed by atoms with Gasteiger partial charge in [-0.25, -0.2) is 9.37 Å². The molecular formula is C11H7FN4O. The summed E-state index contributed by atoms with van der Waals surface area (Å²) in [5, 5.41) is 10.7. The summed E-state index contributed by atoms with van der Waals surface area (Å²) in [6, 6.07) is 6.83. The van der Waals surface area contributed by atoms with Crippen molar-refractivity contribution in [2.24, 2.45) is 0 Å². The monoisotopic (exact) mass is 230 g/mol. The molecule has 0 radical (unpaired) electrons. The lowest BCUT2D eigenvalue weighted by atomic mass is 10.1. The van der Waals surface area contributed by atoms with Crippen molar-refractivity contribution < 1.29 is 4.39 Å². The van der Waals surface area contributed by atoms with Gasteiger partial charge in [-0.2, -0.15) is 5.26 Å². The average Bonchev–Trinajstić information content (AvgIpc) is 2.29. The van der Waals surface area contributed by atoms with Crippen LogP contribution in [0.25, 0.3) is 11.3 Å². The largest absolute Gasteiger partial charge is 0.292 e. The van der Waals surface area contributed by atoms with E-state index in [1.165, 1.54) is 30.3 Å². The maximum absolute atomic E-state index is 12.7. The Labute approximate surface area is 95.6 Å². The molecule has 0 aliphatic carbocycles. The normalized spacial score (nSPS) is 9.65. The maximum atomic E-state index is 12.7. The Hall–Kier alpha value is -2.68. The predicted octanol–water partition coefficient (Wildman–Crippen LogP) is 1.47. The van der Waals surface area contributed by atoms with Crippen LogP contribution in [0.3, 0.4) is 0 Å². The highest BCUT2D eigenvalue weighted by atomic mass is 19.1. The first-order valence-electron chi connectivity index (χ1n) is 4.71. The van der Waals surface area contributed by atoms with Gasteiger partial charge < -0.3 is 0 Å². The molecule has 0 spiro atoms. The molecule has 2 rings (SSSR count). The van der Waals surface area contributed by atoms with Crippen molar-refractivity contribution in [2.45, 2.75) is 0 Å². The fourth-order valence-electron chi connectivity index (χ4n) is 1.34. The Morgan fingerprint density at radius 3 is 2.71 bits per heavy atom. The van der Waals surface area contributed by atoms with Gasteiger partial charge in [-0.3, -0.25) is 15.1 Å². The van der Waals surface area contributed by atoms with Gasteiger partial charge in [0.2, 0.25) is 5.95 Å². The molecule has 1 heterocycles. The van der Waals surface area contributed by atoms with E-state index in [0.29, 0.717) is 11.3 Å². The lowest BCUT2D eigenvalue weighted by Gasteiger charge is -2.02. The number of hydrogen-bond donors (Lipinski definition) is 2. The fourth-order valence-corrected chi connectivity index (χ4v) is 1.34. The summed E-state index contributed by atoms with van der Waals surface area (Å²) in [4.78, 5) is 17.7. The van der Waals surface area contributed by atoms with Gasteiger partial charge in [0.15, 0.2) is 6.19 Å². The molecule has 0 atom stereocenters. The highest BCUT2D eigenvalue weighted by Gasteiger charge is 2.03. The maximum Gasteiger partial charge on any atom is 0.252 e. The molecule has 5 nitrogen and oxygen atoms in total. The molecule has 2 aromatic rings. The van der Waals surface area contributed by atoms with Crippen molar-refractivity contribution in [1.29, 1.82) is 5.26 Å². The quantitative estimate of drug-likeness (QED) is 0.604. The second-order valence-corrected chi connectivity index (χ2v) is 3.22. The summed E-state index contributed by atoms with van der Waals surface area (Å²) in [6.45, 7) is 0. The molecule has 0 aliphatic heterocycles. The first-order chi connectivity index (χ1) is 8.19. The average molecular weight is 230 g/mol. The minimum atomic E-state index is -0.392. The first kappa shape index (κ1) is 10.8. The molecule has 0 fully saturated rings. The van der Waals surface area contributed by atoms with Gasteiger partial charge in [0, 0.05) is 11.6 Å². The molecule has 6 heteroatoms. The summed E-state index contributed by atoms with van der Waals surface area (Å²) < 4.78 is 12.7. The molecule has 0 aliphatic rings. The van der Waals surface area contributed by atoms with Crippen LogP contribution in [-0.4, -0.2) is 9.97 Å². The molecule has 84 valence electrons. The molecule has 2 N–H and O–H groups in total. The van der Waals surface area contributed by atoms with Crippen LogP contribution in [0.1, 0.15) is 0 Å². The number of halogens is 1. The third kappa shape index (κ3) is 2.46. The summed E-state index contributed by atoms with van der Waals surface area (Å²) in [5.74, 6) is -0.312. The number of anilines is 1. The Bertz CT molecular complexity index is 627. The van der Waals surface area contributed by atoms with Gasteiger partial charge in [-0.05, 0) is 24.3 Å². The fraction of sp³-hybridized carbons (Fsp3) is 0. The number of H-pyrrole nitrogens is 1. The van der Waals surface area contributed by atoms with E-state index in [1.54, 1.807) is 6.19 Å². The van der Waals surface area contributed by atoms with Gasteiger partial charge in [-0.1, -0.05) is 0 Å². The molecule has 0 unspecified atom stereocenters. The Balaban J connectivity index is 2.49. The van der Waals surface area contributed by atoms with E-state index < -0.39 is 5.56 Å². The second kappa shape index (κ2) is 4.45. The standard InChI is InChI=1S/C11H7FN4O/c12-8-3-1-7(2-4-8)9-5-10(17)16-11(15-9)14-6-13/h1-5H,(H2,14,15,16,17). The zero-order valence-corrected chi connectivity index (χ0v) is 8.57. The van der Waals surface area contributed by atoms with Crippen molar-refractivity contribution >= 4 is 5.95 Å². The predicted molar refractivity (Wildman–Crippen MR) is 59.5 cm³/mol. The van der Waals surface area contributed by atoms with E-state index in [2.05, 4.69) is 15.3 Å². The molecule has 1 aromatic carbocycles. The van der Waals surface area contributed by atoms with Crippen LogP contribution in [0.15, 0.2) is 35.1 Å². The minimum absolute atomic E-state index is 0.0549. The molecule has 1 aromatic heterocycles. The van der Waals surface area contributed by atoms with Gasteiger partial charge in [0.1, 0.15) is 5.82 Å². The van der Waals surface area contributed by atoms with Crippen LogP contribution in [0.4, 0.5) is 10.3 Å². The van der Waals surface area contributed by atoms with Crippen LogP contribution in [0.5, 0.6) is 0 Å². The lowest BCUT2D eigenvalue weighted by molar-refractivity contribution is 0.628. The van der Waals surface area contributed by atoms with Crippen LogP contribution in [0, 0.1) is 17.3 Å². The Kier molecular flexibility index (Phi) is 2.83. The van der Waals surface area contributed by atoms with Gasteiger partial charge in [0.25, 0.3) is 5.56 Å². The van der Waals surface area contributed by atoms with E-state index in [0.717, 1.165) is 0 Å². The minimum Gasteiger partial charge on any atom is -0.292 e. The SMILES string of the molecule is N#CNc1nc(-c2ccc(F)cc2)cc(=O)[nH]1. The number of hydrogen-bond acceptors (Lipinski definition) is 4. The third-order valence-corrected chi connectivity index (χ3v) is 2.06. The topological polar surface area (TPSA) is 81.6 Å². The number of nitrogens with one attached hydrogen (secondary N) is 2. The summed E-state index contributed by atoms with van der Waals surface area (Å²) >= 11 is 0. The number of rotatable bonds is 2. The third-order valence-electron chi connectivity index (χ3n) is 2.06. The van der Waals surface area contributed by atoms with E-state index in [4.69, 9.17) is 5.26 Å². The Morgan fingerprint density at radius 1 is 1.35 bits per heavy atom. The van der Waals surface area contributed by atoms with Crippen LogP contribution >= 0.6 is 0 Å². The number of benzene rings is 1. The van der Waals surface area contributed by atoms with E-state index in [9.17, 15) is 9.18 Å². The van der Waals surface area contributed by atoms with E-state index in [-0.39, 0.29) is 11.8 Å². The van der Waals surface area contributed by atoms with Crippen molar-refractivity contribution in [3.8, 4) is 17.5 Å². The van der Waals surface area contributed by atoms with Gasteiger partial charge >= 0.3 is 0 Å².